The molecule has 154 valence electrons. The van der Waals surface area contributed by atoms with E-state index in [0.29, 0.717) is 30.0 Å². The second-order valence-corrected chi connectivity index (χ2v) is 8.10. The van der Waals surface area contributed by atoms with Crippen molar-refractivity contribution >= 4 is 11.8 Å². The Morgan fingerprint density at radius 2 is 2.00 bits per heavy atom. The van der Waals surface area contributed by atoms with Gasteiger partial charge in [-0.25, -0.2) is 4.39 Å². The molecule has 28 heavy (non-hydrogen) atoms. The highest BCUT2D eigenvalue weighted by atomic mass is 19.1. The number of nitrogens with one attached hydrogen (secondary N) is 1. The van der Waals surface area contributed by atoms with E-state index in [9.17, 15) is 14.0 Å². The van der Waals surface area contributed by atoms with E-state index in [0.717, 1.165) is 38.9 Å². The summed E-state index contributed by atoms with van der Waals surface area (Å²) < 4.78 is 18.5. The topological polar surface area (TPSA) is 61.9 Å². The molecule has 2 heterocycles. The van der Waals surface area contributed by atoms with Crippen molar-refractivity contribution < 1.29 is 18.7 Å². The molecule has 3 atom stereocenters. The Kier molecular flexibility index (Phi) is 6.88. The van der Waals surface area contributed by atoms with Crippen LogP contribution in [0.5, 0.6) is 5.75 Å². The maximum Gasteiger partial charge on any atom is 0.260 e. The van der Waals surface area contributed by atoms with E-state index in [2.05, 4.69) is 5.32 Å². The molecule has 0 saturated carbocycles. The van der Waals surface area contributed by atoms with Crippen molar-refractivity contribution in [2.24, 2.45) is 11.8 Å². The van der Waals surface area contributed by atoms with E-state index in [1.165, 1.54) is 24.3 Å². The van der Waals surface area contributed by atoms with Crippen molar-refractivity contribution in [1.29, 1.82) is 0 Å². The molecule has 0 unspecified atom stereocenters. The number of carbonyl (C=O) groups is 2. The van der Waals surface area contributed by atoms with Gasteiger partial charge in [0.05, 0.1) is 0 Å². The molecule has 0 aromatic heterocycles. The molecule has 0 radical (unpaired) electrons. The van der Waals surface area contributed by atoms with E-state index in [4.69, 9.17) is 4.74 Å². The molecule has 6 nitrogen and oxygen atoms in total. The fourth-order valence-electron chi connectivity index (χ4n) is 4.18. The summed E-state index contributed by atoms with van der Waals surface area (Å²) in [6, 6.07) is 6.05. The predicted octanol–water partition coefficient (Wildman–Crippen LogP) is 1.90. The highest BCUT2D eigenvalue weighted by Gasteiger charge is 2.37. The number of fused-ring (bicyclic) bond motifs is 2. The number of amides is 2. The number of piperidine rings is 2. The number of benzene rings is 1. The SMILES string of the molecule is CN(C)C(=O)CCC[C@H]1NC[C@@H]2C[C@@H]1CN(C(=O)COc1ccc(F)cc1)C2. The Balaban J connectivity index is 1.47. The number of ether oxygens (including phenoxy) is 1. The average Bonchev–Trinajstić information content (AvgIpc) is 2.68. The molecule has 0 aliphatic carbocycles. The molecule has 2 aliphatic rings. The Morgan fingerprint density at radius 1 is 1.25 bits per heavy atom. The van der Waals surface area contributed by atoms with Gasteiger partial charge in [-0.05, 0) is 61.9 Å². The zero-order chi connectivity index (χ0) is 20.1. The molecule has 1 aromatic carbocycles. The van der Waals surface area contributed by atoms with Gasteiger partial charge < -0.3 is 19.9 Å². The lowest BCUT2D eigenvalue weighted by atomic mass is 9.79. The molecule has 1 aromatic rings. The Hall–Kier alpha value is -2.15. The summed E-state index contributed by atoms with van der Waals surface area (Å²) >= 11 is 0. The van der Waals surface area contributed by atoms with Crippen molar-refractivity contribution in [2.45, 2.75) is 31.7 Å². The zero-order valence-electron chi connectivity index (χ0n) is 16.7. The van der Waals surface area contributed by atoms with Crippen LogP contribution < -0.4 is 10.1 Å². The second kappa shape index (κ2) is 9.37. The third-order valence-corrected chi connectivity index (χ3v) is 5.74. The van der Waals surface area contributed by atoms with Crippen LogP contribution in [0.15, 0.2) is 24.3 Å². The quantitative estimate of drug-likeness (QED) is 0.771. The molecule has 0 spiro atoms. The highest BCUT2D eigenvalue weighted by Crippen LogP contribution is 2.30. The summed E-state index contributed by atoms with van der Waals surface area (Å²) in [6.45, 7) is 2.36. The number of halogens is 1. The van der Waals surface area contributed by atoms with Crippen LogP contribution in [-0.4, -0.2) is 68.0 Å². The first kappa shape index (κ1) is 20.6. The summed E-state index contributed by atoms with van der Waals surface area (Å²) in [6.07, 6.45) is 3.50. The Bertz CT molecular complexity index is 680. The highest BCUT2D eigenvalue weighted by molar-refractivity contribution is 5.78. The van der Waals surface area contributed by atoms with Crippen LogP contribution in [0.4, 0.5) is 4.39 Å². The lowest BCUT2D eigenvalue weighted by Crippen LogP contribution is -2.57. The van der Waals surface area contributed by atoms with Gasteiger partial charge in [0.25, 0.3) is 5.91 Å². The fourth-order valence-corrected chi connectivity index (χ4v) is 4.18. The van der Waals surface area contributed by atoms with Crippen LogP contribution in [0.3, 0.4) is 0 Å². The lowest BCUT2D eigenvalue weighted by molar-refractivity contribution is -0.137. The number of hydrogen-bond donors (Lipinski definition) is 1. The first-order valence-electron chi connectivity index (χ1n) is 10.0. The molecule has 7 heteroatoms. The summed E-state index contributed by atoms with van der Waals surface area (Å²) in [4.78, 5) is 27.9. The van der Waals surface area contributed by atoms with Gasteiger partial charge in [-0.3, -0.25) is 9.59 Å². The van der Waals surface area contributed by atoms with Crippen LogP contribution in [0, 0.1) is 17.7 Å². The molecule has 2 saturated heterocycles. The summed E-state index contributed by atoms with van der Waals surface area (Å²) in [5.74, 6) is 1.19. The zero-order valence-corrected chi connectivity index (χ0v) is 16.7. The molecule has 2 aliphatic heterocycles. The van der Waals surface area contributed by atoms with E-state index in [1.807, 2.05) is 4.90 Å². The monoisotopic (exact) mass is 391 g/mol. The molecular weight excluding hydrogens is 361 g/mol. The third kappa shape index (κ3) is 5.44. The maximum absolute atomic E-state index is 13.0. The van der Waals surface area contributed by atoms with Gasteiger partial charge >= 0.3 is 0 Å². The summed E-state index contributed by atoms with van der Waals surface area (Å²) in [5.41, 5.74) is 0. The van der Waals surface area contributed by atoms with Crippen molar-refractivity contribution in [1.82, 2.24) is 15.1 Å². The number of nitrogens with zero attached hydrogens (tertiary/aromatic N) is 2. The van der Waals surface area contributed by atoms with E-state index < -0.39 is 0 Å². The smallest absolute Gasteiger partial charge is 0.260 e. The molecule has 2 amide bonds. The van der Waals surface area contributed by atoms with Crippen LogP contribution in [0.1, 0.15) is 25.7 Å². The van der Waals surface area contributed by atoms with E-state index in [-0.39, 0.29) is 24.2 Å². The molecule has 3 rings (SSSR count). The van der Waals surface area contributed by atoms with Crippen LogP contribution in [0.2, 0.25) is 0 Å². The number of likely N-dealkylation sites (tertiary alicyclic amines) is 1. The van der Waals surface area contributed by atoms with Crippen LogP contribution in [0.25, 0.3) is 0 Å². The lowest BCUT2D eigenvalue weighted by Gasteiger charge is -2.46. The average molecular weight is 391 g/mol. The van der Waals surface area contributed by atoms with Gasteiger partial charge in [0, 0.05) is 39.6 Å². The van der Waals surface area contributed by atoms with Crippen molar-refractivity contribution in [3.8, 4) is 5.75 Å². The van der Waals surface area contributed by atoms with Gasteiger partial charge in [0.2, 0.25) is 5.91 Å². The van der Waals surface area contributed by atoms with Gasteiger partial charge in [-0.2, -0.15) is 0 Å². The summed E-state index contributed by atoms with van der Waals surface area (Å²) in [7, 11) is 3.56. The largest absolute Gasteiger partial charge is 0.484 e. The van der Waals surface area contributed by atoms with E-state index >= 15 is 0 Å². The van der Waals surface area contributed by atoms with Gasteiger partial charge in [-0.15, -0.1) is 0 Å². The predicted molar refractivity (Wildman–Crippen MR) is 104 cm³/mol. The van der Waals surface area contributed by atoms with Crippen LogP contribution >= 0.6 is 0 Å². The van der Waals surface area contributed by atoms with Gasteiger partial charge in [0.1, 0.15) is 11.6 Å². The van der Waals surface area contributed by atoms with Crippen LogP contribution in [-0.2, 0) is 9.59 Å². The normalized spacial score (nSPS) is 24.0. The first-order valence-corrected chi connectivity index (χ1v) is 10.0. The number of hydrogen-bond acceptors (Lipinski definition) is 4. The standard InChI is InChI=1S/C21H30FN3O3/c1-24(2)20(26)5-3-4-19-16-10-15(11-23-19)12-25(13-16)21(27)14-28-18-8-6-17(22)7-9-18/h6-9,15-16,19,23H,3-5,10-14H2,1-2H3/t15-,16+,19+/m0/s1. The summed E-state index contributed by atoms with van der Waals surface area (Å²) in [5, 5.41) is 3.62. The molecular formula is C21H30FN3O3. The third-order valence-electron chi connectivity index (χ3n) is 5.74. The molecule has 2 bridgehead atoms. The Morgan fingerprint density at radius 3 is 2.71 bits per heavy atom. The molecule has 2 fully saturated rings. The van der Waals surface area contributed by atoms with Crippen molar-refractivity contribution in [2.75, 3.05) is 40.3 Å². The van der Waals surface area contributed by atoms with E-state index in [1.54, 1.807) is 19.0 Å². The minimum atomic E-state index is -0.326. The van der Waals surface area contributed by atoms with Crippen molar-refractivity contribution in [3.05, 3.63) is 30.1 Å². The number of carbonyl (C=O) groups excluding carboxylic acids is 2. The van der Waals surface area contributed by atoms with Gasteiger partial charge in [0.15, 0.2) is 6.61 Å². The van der Waals surface area contributed by atoms with Gasteiger partial charge in [-0.1, -0.05) is 0 Å². The maximum atomic E-state index is 13.0. The fraction of sp³-hybridized carbons (Fsp3) is 0.619. The minimum Gasteiger partial charge on any atom is -0.484 e. The molecule has 1 N–H and O–H groups in total. The first-order chi connectivity index (χ1) is 13.4. The Labute approximate surface area is 166 Å². The van der Waals surface area contributed by atoms with Crippen molar-refractivity contribution in [3.63, 3.8) is 0 Å². The number of rotatable bonds is 7. The second-order valence-electron chi connectivity index (χ2n) is 8.10. The minimum absolute atomic E-state index is 0.0255.